The highest BCUT2D eigenvalue weighted by molar-refractivity contribution is 5.97. The molecular weight excluding hydrogens is 460 g/mol. The Balaban J connectivity index is 2.14. The minimum absolute atomic E-state index is 0.0211. The summed E-state index contributed by atoms with van der Waals surface area (Å²) in [5.74, 6) is -0.645. The third-order valence-corrected chi connectivity index (χ3v) is 5.67. The van der Waals surface area contributed by atoms with Gasteiger partial charge in [-0.25, -0.2) is 9.78 Å². The number of hydrogen-bond acceptors (Lipinski definition) is 6. The van der Waals surface area contributed by atoms with E-state index in [0.29, 0.717) is 29.2 Å². The van der Waals surface area contributed by atoms with Crippen LogP contribution in [0.1, 0.15) is 47.1 Å². The zero-order valence-corrected chi connectivity index (χ0v) is 20.9. The lowest BCUT2D eigenvalue weighted by Gasteiger charge is -2.17. The lowest BCUT2D eigenvalue weighted by atomic mass is 10.1. The normalized spacial score (nSPS) is 11.9. The van der Waals surface area contributed by atoms with E-state index in [1.54, 1.807) is 48.0 Å². The second-order valence-corrected chi connectivity index (χ2v) is 8.79. The van der Waals surface area contributed by atoms with Crippen LogP contribution in [0.2, 0.25) is 0 Å². The highest BCUT2D eigenvalue weighted by Gasteiger charge is 2.21. The molecule has 0 unspecified atom stereocenters. The SMILES string of the molecule is CCOC(=O)c1cc2c(=O)n3cccc(C)c3nc2n(CC(C)C)c1=NC(=O)c1cccc(OC)c1. The van der Waals surface area contributed by atoms with E-state index in [-0.39, 0.29) is 34.5 Å². The van der Waals surface area contributed by atoms with E-state index >= 15 is 0 Å². The van der Waals surface area contributed by atoms with Crippen molar-refractivity contribution in [3.05, 3.63) is 81.2 Å². The molecule has 0 N–H and O–H groups in total. The molecule has 0 atom stereocenters. The summed E-state index contributed by atoms with van der Waals surface area (Å²) >= 11 is 0. The number of methoxy groups -OCH3 is 1. The Bertz CT molecular complexity index is 1610. The summed E-state index contributed by atoms with van der Waals surface area (Å²) in [5.41, 5.74) is 1.72. The molecule has 1 aromatic carbocycles. The van der Waals surface area contributed by atoms with Gasteiger partial charge in [-0.05, 0) is 55.7 Å². The van der Waals surface area contributed by atoms with Crippen molar-refractivity contribution < 1.29 is 19.1 Å². The van der Waals surface area contributed by atoms with Gasteiger partial charge in [-0.2, -0.15) is 4.99 Å². The predicted octanol–water partition coefficient (Wildman–Crippen LogP) is 3.54. The van der Waals surface area contributed by atoms with Crippen LogP contribution >= 0.6 is 0 Å². The van der Waals surface area contributed by atoms with Gasteiger partial charge in [0.25, 0.3) is 11.5 Å². The number of carbonyl (C=O) groups is 2. The smallest absolute Gasteiger partial charge is 0.341 e. The average Bonchev–Trinajstić information content (AvgIpc) is 2.86. The van der Waals surface area contributed by atoms with Crippen molar-refractivity contribution in [2.75, 3.05) is 13.7 Å². The van der Waals surface area contributed by atoms with Crippen molar-refractivity contribution in [3.63, 3.8) is 0 Å². The predicted molar refractivity (Wildman–Crippen MR) is 135 cm³/mol. The monoisotopic (exact) mass is 488 g/mol. The van der Waals surface area contributed by atoms with Crippen molar-refractivity contribution in [1.82, 2.24) is 14.0 Å². The van der Waals surface area contributed by atoms with E-state index in [9.17, 15) is 14.4 Å². The molecule has 4 aromatic rings. The Labute approximate surface area is 207 Å². The van der Waals surface area contributed by atoms with Crippen LogP contribution in [0.5, 0.6) is 5.75 Å². The molecule has 0 radical (unpaired) electrons. The van der Waals surface area contributed by atoms with Gasteiger partial charge >= 0.3 is 5.97 Å². The quantitative estimate of drug-likeness (QED) is 0.304. The van der Waals surface area contributed by atoms with Crippen LogP contribution < -0.4 is 15.8 Å². The van der Waals surface area contributed by atoms with E-state index in [1.165, 1.54) is 17.6 Å². The van der Waals surface area contributed by atoms with Gasteiger partial charge in [0, 0.05) is 18.3 Å². The van der Waals surface area contributed by atoms with Crippen LogP contribution in [0, 0.1) is 12.8 Å². The second-order valence-electron chi connectivity index (χ2n) is 8.79. The molecule has 3 heterocycles. The maximum atomic E-state index is 13.5. The topological polar surface area (TPSA) is 104 Å². The Morgan fingerprint density at radius 1 is 1.11 bits per heavy atom. The van der Waals surface area contributed by atoms with Gasteiger partial charge in [0.05, 0.1) is 19.1 Å². The number of rotatable bonds is 6. The van der Waals surface area contributed by atoms with Crippen molar-refractivity contribution in [1.29, 1.82) is 0 Å². The molecule has 0 saturated heterocycles. The Morgan fingerprint density at radius 2 is 1.89 bits per heavy atom. The standard InChI is InChI=1S/C27H28N4O5/c1-6-36-27(34)21-14-20-23(28-22-17(4)9-8-12-30(22)26(20)33)31(15-16(2)3)24(21)29-25(32)18-10-7-11-19(13-18)35-5/h7-14,16H,6,15H2,1-5H3. The van der Waals surface area contributed by atoms with Gasteiger partial charge in [-0.3, -0.25) is 14.0 Å². The van der Waals surface area contributed by atoms with Gasteiger partial charge in [0.15, 0.2) is 5.49 Å². The molecule has 0 aliphatic heterocycles. The molecule has 36 heavy (non-hydrogen) atoms. The molecule has 186 valence electrons. The minimum atomic E-state index is -0.678. The number of ether oxygens (including phenoxy) is 2. The summed E-state index contributed by atoms with van der Waals surface area (Å²) in [6.07, 6.45) is 1.64. The van der Waals surface area contributed by atoms with Crippen LogP contribution in [0.25, 0.3) is 16.7 Å². The molecule has 9 heteroatoms. The lowest BCUT2D eigenvalue weighted by molar-refractivity contribution is 0.0523. The third kappa shape index (κ3) is 4.64. The highest BCUT2D eigenvalue weighted by Crippen LogP contribution is 2.16. The molecule has 9 nitrogen and oxygen atoms in total. The molecule has 0 saturated carbocycles. The zero-order chi connectivity index (χ0) is 26.0. The first-order chi connectivity index (χ1) is 17.2. The number of aryl methyl sites for hydroxylation is 1. The summed E-state index contributed by atoms with van der Waals surface area (Å²) in [4.78, 5) is 48.9. The van der Waals surface area contributed by atoms with Gasteiger partial charge in [0.1, 0.15) is 22.6 Å². The first-order valence-electron chi connectivity index (χ1n) is 11.7. The van der Waals surface area contributed by atoms with Gasteiger partial charge in [-0.1, -0.05) is 26.0 Å². The number of pyridine rings is 2. The third-order valence-electron chi connectivity index (χ3n) is 5.67. The zero-order valence-electron chi connectivity index (χ0n) is 20.9. The molecule has 0 aliphatic carbocycles. The maximum Gasteiger partial charge on any atom is 0.341 e. The first-order valence-corrected chi connectivity index (χ1v) is 11.7. The fourth-order valence-corrected chi connectivity index (χ4v) is 4.02. The molecule has 4 rings (SSSR count). The van der Waals surface area contributed by atoms with Crippen LogP contribution in [-0.2, 0) is 11.3 Å². The molecule has 3 aromatic heterocycles. The summed E-state index contributed by atoms with van der Waals surface area (Å²) < 4.78 is 13.6. The molecule has 0 fully saturated rings. The number of fused-ring (bicyclic) bond motifs is 2. The minimum Gasteiger partial charge on any atom is -0.497 e. The van der Waals surface area contributed by atoms with Gasteiger partial charge < -0.3 is 14.0 Å². The highest BCUT2D eigenvalue weighted by atomic mass is 16.5. The number of aromatic nitrogens is 3. The largest absolute Gasteiger partial charge is 0.497 e. The summed E-state index contributed by atoms with van der Waals surface area (Å²) in [5, 5.41) is 0.231. The van der Waals surface area contributed by atoms with Crippen molar-refractivity contribution in [2.45, 2.75) is 34.2 Å². The summed E-state index contributed by atoms with van der Waals surface area (Å²) in [6.45, 7) is 8.02. The molecule has 0 bridgehead atoms. The van der Waals surface area contributed by atoms with E-state index in [4.69, 9.17) is 14.5 Å². The number of amides is 1. The maximum absolute atomic E-state index is 13.5. The number of nitrogens with zero attached hydrogens (tertiary/aromatic N) is 4. The molecular formula is C27H28N4O5. The van der Waals surface area contributed by atoms with Gasteiger partial charge in [0.2, 0.25) is 0 Å². The van der Waals surface area contributed by atoms with Crippen molar-refractivity contribution in [2.24, 2.45) is 10.9 Å². The first kappa shape index (κ1) is 24.8. The summed E-state index contributed by atoms with van der Waals surface area (Å²) in [7, 11) is 1.51. The van der Waals surface area contributed by atoms with Crippen molar-refractivity contribution >= 4 is 28.6 Å². The van der Waals surface area contributed by atoms with Gasteiger partial charge in [-0.15, -0.1) is 0 Å². The van der Waals surface area contributed by atoms with E-state index in [1.807, 2.05) is 26.8 Å². The van der Waals surface area contributed by atoms with Crippen LogP contribution in [0.4, 0.5) is 0 Å². The molecule has 1 amide bonds. The number of hydrogen-bond donors (Lipinski definition) is 0. The number of carbonyl (C=O) groups excluding carboxylic acids is 2. The Hall–Kier alpha value is -4.27. The van der Waals surface area contributed by atoms with E-state index in [0.717, 1.165) is 5.56 Å². The second kappa shape index (κ2) is 10.2. The molecule has 0 spiro atoms. The fraction of sp³-hybridized carbons (Fsp3) is 0.296. The number of esters is 1. The van der Waals surface area contributed by atoms with Crippen LogP contribution in [0.3, 0.4) is 0 Å². The lowest BCUT2D eigenvalue weighted by Crippen LogP contribution is -2.34. The number of benzene rings is 1. The van der Waals surface area contributed by atoms with Crippen LogP contribution in [-0.4, -0.2) is 39.5 Å². The molecule has 0 aliphatic rings. The Kier molecular flexibility index (Phi) is 7.00. The van der Waals surface area contributed by atoms with E-state index < -0.39 is 11.9 Å². The van der Waals surface area contributed by atoms with Crippen molar-refractivity contribution in [3.8, 4) is 5.75 Å². The average molecular weight is 489 g/mol. The van der Waals surface area contributed by atoms with Crippen LogP contribution in [0.15, 0.2) is 58.4 Å². The van der Waals surface area contributed by atoms with E-state index in [2.05, 4.69) is 4.99 Å². The Morgan fingerprint density at radius 3 is 2.58 bits per heavy atom. The fourth-order valence-electron chi connectivity index (χ4n) is 4.02. The summed E-state index contributed by atoms with van der Waals surface area (Å²) in [6, 6.07) is 11.7.